The molecule has 0 radical (unpaired) electrons. The van der Waals surface area contributed by atoms with Crippen molar-refractivity contribution in [3.8, 4) is 0 Å². The SMILES string of the molecule is CC(C)C(CCO)NC(=O)CCn1cnc2sccc2c1=O. The molecule has 0 aliphatic heterocycles. The Morgan fingerprint density at radius 1 is 1.50 bits per heavy atom. The van der Waals surface area contributed by atoms with E-state index in [4.69, 9.17) is 5.11 Å². The van der Waals surface area contributed by atoms with Crippen molar-refractivity contribution in [3.63, 3.8) is 0 Å². The maximum Gasteiger partial charge on any atom is 0.262 e. The Hall–Kier alpha value is -1.73. The van der Waals surface area contributed by atoms with Crippen LogP contribution in [0.5, 0.6) is 0 Å². The molecule has 0 saturated heterocycles. The molecule has 1 unspecified atom stereocenters. The van der Waals surface area contributed by atoms with E-state index in [0.717, 1.165) is 0 Å². The topological polar surface area (TPSA) is 84.2 Å². The van der Waals surface area contributed by atoms with Gasteiger partial charge in [-0.05, 0) is 23.8 Å². The Kier molecular flexibility index (Phi) is 5.68. The minimum atomic E-state index is -0.121. The molecule has 0 aromatic carbocycles. The van der Waals surface area contributed by atoms with E-state index in [1.807, 2.05) is 19.2 Å². The number of aryl methyl sites for hydroxylation is 1. The smallest absolute Gasteiger partial charge is 0.262 e. The standard InChI is InChI=1S/C15H21N3O3S/c1-10(2)12(4-7-19)17-13(20)3-6-18-9-16-14-11(15(18)21)5-8-22-14/h5,8-10,12,19H,3-4,6-7H2,1-2H3,(H,17,20). The number of amides is 1. The largest absolute Gasteiger partial charge is 0.396 e. The average molecular weight is 323 g/mol. The molecule has 0 spiro atoms. The molecule has 2 aromatic rings. The third-order valence-electron chi connectivity index (χ3n) is 3.62. The summed E-state index contributed by atoms with van der Waals surface area (Å²) in [5.41, 5.74) is -0.116. The highest BCUT2D eigenvalue weighted by Crippen LogP contribution is 2.13. The molecule has 0 aliphatic carbocycles. The average Bonchev–Trinajstić information content (AvgIpc) is 2.95. The second kappa shape index (κ2) is 7.51. The zero-order valence-electron chi connectivity index (χ0n) is 12.8. The molecule has 2 N–H and O–H groups in total. The number of carbonyl (C=O) groups excluding carboxylic acids is 1. The zero-order valence-corrected chi connectivity index (χ0v) is 13.6. The molecule has 2 rings (SSSR count). The lowest BCUT2D eigenvalue weighted by Crippen LogP contribution is -2.39. The van der Waals surface area contributed by atoms with Gasteiger partial charge in [0.1, 0.15) is 4.83 Å². The quantitative estimate of drug-likeness (QED) is 0.806. The Labute approximate surface area is 132 Å². The van der Waals surface area contributed by atoms with Crippen LogP contribution in [-0.2, 0) is 11.3 Å². The highest BCUT2D eigenvalue weighted by Gasteiger charge is 2.15. The van der Waals surface area contributed by atoms with Gasteiger partial charge in [-0.2, -0.15) is 0 Å². The summed E-state index contributed by atoms with van der Waals surface area (Å²) in [7, 11) is 0. The van der Waals surface area contributed by atoms with E-state index in [2.05, 4.69) is 10.3 Å². The fourth-order valence-electron chi connectivity index (χ4n) is 2.26. The number of fused-ring (bicyclic) bond motifs is 1. The van der Waals surface area contributed by atoms with E-state index in [0.29, 0.717) is 23.2 Å². The van der Waals surface area contributed by atoms with Crippen LogP contribution in [0.4, 0.5) is 0 Å². The van der Waals surface area contributed by atoms with Crippen molar-refractivity contribution in [2.24, 2.45) is 5.92 Å². The Morgan fingerprint density at radius 3 is 2.95 bits per heavy atom. The molecule has 2 heterocycles. The van der Waals surface area contributed by atoms with Gasteiger partial charge in [-0.3, -0.25) is 14.2 Å². The van der Waals surface area contributed by atoms with Gasteiger partial charge >= 0.3 is 0 Å². The molecule has 0 fully saturated rings. The third kappa shape index (κ3) is 3.92. The molecule has 1 atom stereocenters. The molecule has 0 saturated carbocycles. The van der Waals surface area contributed by atoms with Crippen LogP contribution in [0.25, 0.3) is 10.2 Å². The molecular formula is C15H21N3O3S. The van der Waals surface area contributed by atoms with Crippen molar-refractivity contribution in [2.75, 3.05) is 6.61 Å². The van der Waals surface area contributed by atoms with Gasteiger partial charge in [0.2, 0.25) is 5.91 Å². The Bertz CT molecular complexity index is 693. The Balaban J connectivity index is 1.97. The molecule has 7 heteroatoms. The summed E-state index contributed by atoms with van der Waals surface area (Å²) >= 11 is 1.42. The fraction of sp³-hybridized carbons (Fsp3) is 0.533. The van der Waals surface area contributed by atoms with E-state index in [1.165, 1.54) is 22.2 Å². The normalized spacial score (nSPS) is 12.7. The van der Waals surface area contributed by atoms with E-state index >= 15 is 0 Å². The van der Waals surface area contributed by atoms with Gasteiger partial charge in [-0.15, -0.1) is 11.3 Å². The van der Waals surface area contributed by atoms with Crippen LogP contribution in [-0.4, -0.2) is 33.2 Å². The van der Waals surface area contributed by atoms with Crippen molar-refractivity contribution in [2.45, 2.75) is 39.3 Å². The minimum absolute atomic E-state index is 0.0430. The molecular weight excluding hydrogens is 302 g/mol. The summed E-state index contributed by atoms with van der Waals surface area (Å²) in [5, 5.41) is 14.3. The number of nitrogens with one attached hydrogen (secondary N) is 1. The first-order chi connectivity index (χ1) is 10.5. The summed E-state index contributed by atoms with van der Waals surface area (Å²) in [4.78, 5) is 29.1. The number of aromatic nitrogens is 2. The van der Waals surface area contributed by atoms with Crippen molar-refractivity contribution in [3.05, 3.63) is 28.1 Å². The van der Waals surface area contributed by atoms with Crippen LogP contribution < -0.4 is 10.9 Å². The van der Waals surface area contributed by atoms with E-state index in [9.17, 15) is 9.59 Å². The minimum Gasteiger partial charge on any atom is -0.396 e. The second-order valence-corrected chi connectivity index (χ2v) is 6.46. The Morgan fingerprint density at radius 2 is 2.27 bits per heavy atom. The summed E-state index contributed by atoms with van der Waals surface area (Å²) in [6, 6.07) is 1.70. The van der Waals surface area contributed by atoms with Gasteiger partial charge in [0, 0.05) is 25.6 Å². The maximum atomic E-state index is 12.2. The van der Waals surface area contributed by atoms with Gasteiger partial charge in [-0.25, -0.2) is 4.98 Å². The van der Waals surface area contributed by atoms with Gasteiger partial charge in [0.25, 0.3) is 5.56 Å². The van der Waals surface area contributed by atoms with Crippen LogP contribution in [0.1, 0.15) is 26.7 Å². The van der Waals surface area contributed by atoms with Crippen molar-refractivity contribution < 1.29 is 9.90 Å². The highest BCUT2D eigenvalue weighted by atomic mass is 32.1. The summed E-state index contributed by atoms with van der Waals surface area (Å²) in [6.07, 6.45) is 2.24. The van der Waals surface area contributed by atoms with Gasteiger partial charge in [-0.1, -0.05) is 13.8 Å². The first-order valence-electron chi connectivity index (χ1n) is 7.35. The molecule has 0 bridgehead atoms. The molecule has 6 nitrogen and oxygen atoms in total. The van der Waals surface area contributed by atoms with E-state index in [-0.39, 0.29) is 36.5 Å². The van der Waals surface area contributed by atoms with Crippen molar-refractivity contribution in [1.29, 1.82) is 0 Å². The summed E-state index contributed by atoms with van der Waals surface area (Å²) in [5.74, 6) is 0.132. The van der Waals surface area contributed by atoms with E-state index in [1.54, 1.807) is 6.07 Å². The van der Waals surface area contributed by atoms with Crippen LogP contribution >= 0.6 is 11.3 Å². The van der Waals surface area contributed by atoms with Crippen molar-refractivity contribution in [1.82, 2.24) is 14.9 Å². The van der Waals surface area contributed by atoms with Crippen LogP contribution in [0.3, 0.4) is 0 Å². The molecule has 1 amide bonds. The number of carbonyl (C=O) groups is 1. The number of hydrogen-bond acceptors (Lipinski definition) is 5. The number of aliphatic hydroxyl groups excluding tert-OH is 1. The van der Waals surface area contributed by atoms with Gasteiger partial charge in [0.05, 0.1) is 11.7 Å². The van der Waals surface area contributed by atoms with E-state index < -0.39 is 0 Å². The fourth-order valence-corrected chi connectivity index (χ4v) is 2.99. The summed E-state index contributed by atoms with van der Waals surface area (Å²) in [6.45, 7) is 4.34. The lowest BCUT2D eigenvalue weighted by Gasteiger charge is -2.21. The maximum absolute atomic E-state index is 12.2. The summed E-state index contributed by atoms with van der Waals surface area (Å²) < 4.78 is 1.46. The van der Waals surface area contributed by atoms with Gasteiger partial charge < -0.3 is 10.4 Å². The van der Waals surface area contributed by atoms with Gasteiger partial charge in [0.15, 0.2) is 0 Å². The first kappa shape index (κ1) is 16.6. The van der Waals surface area contributed by atoms with Crippen LogP contribution in [0.2, 0.25) is 0 Å². The lowest BCUT2D eigenvalue weighted by atomic mass is 10.0. The predicted octanol–water partition coefficient (Wildman–Crippen LogP) is 1.37. The number of rotatable bonds is 7. The second-order valence-electron chi connectivity index (χ2n) is 5.56. The van der Waals surface area contributed by atoms with Crippen molar-refractivity contribution >= 4 is 27.5 Å². The highest BCUT2D eigenvalue weighted by molar-refractivity contribution is 7.16. The number of thiophene rings is 1. The number of nitrogens with zero attached hydrogens (tertiary/aromatic N) is 2. The molecule has 22 heavy (non-hydrogen) atoms. The zero-order chi connectivity index (χ0) is 16.1. The first-order valence-corrected chi connectivity index (χ1v) is 8.23. The third-order valence-corrected chi connectivity index (χ3v) is 4.44. The number of hydrogen-bond donors (Lipinski definition) is 2. The monoisotopic (exact) mass is 323 g/mol. The molecule has 2 aromatic heterocycles. The van der Waals surface area contributed by atoms with Crippen LogP contribution in [0.15, 0.2) is 22.6 Å². The number of aliphatic hydroxyl groups is 1. The van der Waals surface area contributed by atoms with Crippen LogP contribution in [0, 0.1) is 5.92 Å². The predicted molar refractivity (Wildman–Crippen MR) is 87.0 cm³/mol. The lowest BCUT2D eigenvalue weighted by molar-refractivity contribution is -0.122. The molecule has 0 aliphatic rings. The molecule has 120 valence electrons.